The second-order valence-electron chi connectivity index (χ2n) is 5.74. The normalized spacial score (nSPS) is 12.6. The molecule has 0 aromatic heterocycles. The first-order valence-corrected chi connectivity index (χ1v) is 6.54. The van der Waals surface area contributed by atoms with Crippen molar-refractivity contribution in [1.82, 2.24) is 4.90 Å². The van der Waals surface area contributed by atoms with Crippen LogP contribution in [0.2, 0.25) is 0 Å². The highest BCUT2D eigenvalue weighted by molar-refractivity contribution is 5.80. The largest absolute Gasteiger partial charge is 0.480 e. The summed E-state index contributed by atoms with van der Waals surface area (Å²) in [5.41, 5.74) is -0.493. The summed E-state index contributed by atoms with van der Waals surface area (Å²) in [6, 6.07) is 4.68. The molecule has 1 unspecified atom stereocenters. The Hall–Kier alpha value is -2.11. The van der Waals surface area contributed by atoms with Crippen LogP contribution in [0.1, 0.15) is 26.3 Å². The molecule has 1 aromatic rings. The molecular formula is C15H20FNO4. The lowest BCUT2D eigenvalue weighted by Crippen LogP contribution is -2.46. The first-order valence-electron chi connectivity index (χ1n) is 6.54. The molecule has 6 heteroatoms. The van der Waals surface area contributed by atoms with Gasteiger partial charge >= 0.3 is 12.1 Å². The molecule has 21 heavy (non-hydrogen) atoms. The van der Waals surface area contributed by atoms with E-state index in [9.17, 15) is 19.1 Å². The molecule has 0 heterocycles. The molecule has 0 spiro atoms. The van der Waals surface area contributed by atoms with Gasteiger partial charge in [0.05, 0.1) is 0 Å². The predicted molar refractivity (Wildman–Crippen MR) is 75.5 cm³/mol. The van der Waals surface area contributed by atoms with Gasteiger partial charge in [-0.3, -0.25) is 4.90 Å². The monoisotopic (exact) mass is 297 g/mol. The van der Waals surface area contributed by atoms with Gasteiger partial charge in [0.15, 0.2) is 0 Å². The van der Waals surface area contributed by atoms with Gasteiger partial charge < -0.3 is 9.84 Å². The molecule has 0 aliphatic carbocycles. The molecule has 0 aliphatic rings. The van der Waals surface area contributed by atoms with E-state index in [2.05, 4.69) is 0 Å². The fourth-order valence-corrected chi connectivity index (χ4v) is 1.72. The van der Waals surface area contributed by atoms with Gasteiger partial charge in [-0.1, -0.05) is 18.2 Å². The van der Waals surface area contributed by atoms with Crippen LogP contribution in [0.25, 0.3) is 0 Å². The Kier molecular flexibility index (Phi) is 5.29. The smallest absolute Gasteiger partial charge is 0.410 e. The first-order chi connectivity index (χ1) is 9.61. The third-order valence-electron chi connectivity index (χ3n) is 2.81. The van der Waals surface area contributed by atoms with Crippen LogP contribution < -0.4 is 0 Å². The highest BCUT2D eigenvalue weighted by atomic mass is 19.1. The molecule has 0 bridgehead atoms. The third kappa shape index (κ3) is 5.06. The van der Waals surface area contributed by atoms with Crippen molar-refractivity contribution in [3.05, 3.63) is 35.6 Å². The van der Waals surface area contributed by atoms with E-state index in [1.807, 2.05) is 0 Å². The number of carboxylic acid groups (broad SMARTS) is 1. The topological polar surface area (TPSA) is 66.8 Å². The summed E-state index contributed by atoms with van der Waals surface area (Å²) in [7, 11) is 1.33. The summed E-state index contributed by atoms with van der Waals surface area (Å²) in [5.74, 6) is -1.71. The number of aliphatic carboxylic acids is 1. The lowest BCUT2D eigenvalue weighted by Gasteiger charge is -2.28. The van der Waals surface area contributed by atoms with Crippen molar-refractivity contribution in [2.24, 2.45) is 0 Å². The van der Waals surface area contributed by atoms with E-state index in [0.29, 0.717) is 0 Å². The molecule has 0 saturated heterocycles. The van der Waals surface area contributed by atoms with Crippen molar-refractivity contribution in [3.63, 3.8) is 0 Å². The summed E-state index contributed by atoms with van der Waals surface area (Å²) in [6.45, 7) is 5.06. The van der Waals surface area contributed by atoms with Gasteiger partial charge in [-0.05, 0) is 32.4 Å². The number of carboxylic acids is 1. The summed E-state index contributed by atoms with van der Waals surface area (Å²) >= 11 is 0. The molecule has 5 nitrogen and oxygen atoms in total. The van der Waals surface area contributed by atoms with Gasteiger partial charge in [-0.2, -0.15) is 0 Å². The number of halogens is 1. The van der Waals surface area contributed by atoms with Crippen LogP contribution >= 0.6 is 0 Å². The first kappa shape index (κ1) is 16.9. The minimum atomic E-state index is -1.22. The standard InChI is InChI=1S/C15H20FNO4/c1-15(2,3)21-14(20)17(4)12(13(18)19)9-10-7-5-6-8-11(10)16/h5-8,12H,9H2,1-4H3,(H,18,19). The second kappa shape index (κ2) is 6.56. The van der Waals surface area contributed by atoms with Crippen molar-refractivity contribution < 1.29 is 23.8 Å². The lowest BCUT2D eigenvalue weighted by molar-refractivity contribution is -0.142. The summed E-state index contributed by atoms with van der Waals surface area (Å²) in [5, 5.41) is 9.27. The van der Waals surface area contributed by atoms with Crippen LogP contribution in [0.4, 0.5) is 9.18 Å². The van der Waals surface area contributed by atoms with E-state index in [1.165, 1.54) is 25.2 Å². The number of ether oxygens (including phenoxy) is 1. The Labute approximate surface area is 123 Å². The zero-order valence-electron chi connectivity index (χ0n) is 12.6. The molecule has 0 saturated carbocycles. The SMILES string of the molecule is CN(C(=O)OC(C)(C)C)C(Cc1ccccc1F)C(=O)O. The second-order valence-corrected chi connectivity index (χ2v) is 5.74. The fourth-order valence-electron chi connectivity index (χ4n) is 1.72. The Morgan fingerprint density at radius 2 is 1.90 bits per heavy atom. The number of nitrogens with zero attached hydrogens (tertiary/aromatic N) is 1. The number of rotatable bonds is 4. The van der Waals surface area contributed by atoms with Gasteiger partial charge in [-0.15, -0.1) is 0 Å². The highest BCUT2D eigenvalue weighted by Gasteiger charge is 2.30. The van der Waals surface area contributed by atoms with E-state index >= 15 is 0 Å². The molecular weight excluding hydrogens is 277 g/mol. The lowest BCUT2D eigenvalue weighted by atomic mass is 10.0. The van der Waals surface area contributed by atoms with Gasteiger partial charge in [0.2, 0.25) is 0 Å². The molecule has 0 radical (unpaired) electrons. The Morgan fingerprint density at radius 3 is 2.38 bits per heavy atom. The third-order valence-corrected chi connectivity index (χ3v) is 2.81. The minimum Gasteiger partial charge on any atom is -0.480 e. The van der Waals surface area contributed by atoms with Gasteiger partial charge in [0, 0.05) is 13.5 Å². The van der Waals surface area contributed by atoms with Crippen molar-refractivity contribution >= 4 is 12.1 Å². The molecule has 0 aliphatic heterocycles. The maximum atomic E-state index is 13.6. The average molecular weight is 297 g/mol. The molecule has 1 N–H and O–H groups in total. The number of carbonyl (C=O) groups is 2. The van der Waals surface area contributed by atoms with Crippen LogP contribution in [0, 0.1) is 5.82 Å². The Morgan fingerprint density at radius 1 is 1.33 bits per heavy atom. The van der Waals surface area contributed by atoms with E-state index in [-0.39, 0.29) is 12.0 Å². The zero-order valence-corrected chi connectivity index (χ0v) is 12.6. The zero-order chi connectivity index (χ0) is 16.2. The van der Waals surface area contributed by atoms with Crippen molar-refractivity contribution in [1.29, 1.82) is 0 Å². The van der Waals surface area contributed by atoms with Crippen LogP contribution in [0.5, 0.6) is 0 Å². The predicted octanol–water partition coefficient (Wildman–Crippen LogP) is 2.69. The number of hydrogen-bond acceptors (Lipinski definition) is 3. The molecule has 1 rings (SSSR count). The van der Waals surface area contributed by atoms with Crippen LogP contribution in [-0.2, 0) is 16.0 Å². The quantitative estimate of drug-likeness (QED) is 0.928. The van der Waals surface area contributed by atoms with E-state index in [4.69, 9.17) is 4.74 Å². The summed E-state index contributed by atoms with van der Waals surface area (Å²) < 4.78 is 18.7. The Balaban J connectivity index is 2.90. The van der Waals surface area contributed by atoms with E-state index in [0.717, 1.165) is 4.90 Å². The average Bonchev–Trinajstić information content (AvgIpc) is 2.34. The number of hydrogen-bond donors (Lipinski definition) is 1. The number of amides is 1. The minimum absolute atomic E-state index is 0.127. The van der Waals surface area contributed by atoms with E-state index in [1.54, 1.807) is 26.8 Å². The molecule has 0 fully saturated rings. The number of carbonyl (C=O) groups excluding carboxylic acids is 1. The fraction of sp³-hybridized carbons (Fsp3) is 0.467. The maximum Gasteiger partial charge on any atom is 0.410 e. The van der Waals surface area contributed by atoms with Crippen molar-refractivity contribution in [2.75, 3.05) is 7.05 Å². The highest BCUT2D eigenvalue weighted by Crippen LogP contribution is 2.15. The van der Waals surface area contributed by atoms with E-state index < -0.39 is 29.5 Å². The summed E-state index contributed by atoms with van der Waals surface area (Å²) in [6.07, 6.45) is -0.885. The number of benzene rings is 1. The summed E-state index contributed by atoms with van der Waals surface area (Å²) in [4.78, 5) is 24.3. The van der Waals surface area contributed by atoms with Gasteiger partial charge in [-0.25, -0.2) is 14.0 Å². The Bertz CT molecular complexity index is 525. The maximum absolute atomic E-state index is 13.6. The van der Waals surface area contributed by atoms with Crippen LogP contribution in [0.15, 0.2) is 24.3 Å². The van der Waals surface area contributed by atoms with Crippen molar-refractivity contribution in [2.45, 2.75) is 38.8 Å². The molecule has 1 aromatic carbocycles. The van der Waals surface area contributed by atoms with Gasteiger partial charge in [0.25, 0.3) is 0 Å². The van der Waals surface area contributed by atoms with Gasteiger partial charge in [0.1, 0.15) is 17.5 Å². The van der Waals surface area contributed by atoms with Crippen LogP contribution in [0.3, 0.4) is 0 Å². The van der Waals surface area contributed by atoms with Crippen molar-refractivity contribution in [3.8, 4) is 0 Å². The molecule has 116 valence electrons. The molecule has 1 amide bonds. The molecule has 1 atom stereocenters. The van der Waals surface area contributed by atoms with Crippen LogP contribution in [-0.4, -0.2) is 40.8 Å². The number of likely N-dealkylation sites (N-methyl/N-ethyl adjacent to an activating group) is 1.